The SMILES string of the molecule is COC(=O)C1=C(C)N(c2ccc(Cl)cc2)C(=S)NC1c1ccc(OC)cc1OC. The first-order valence-electron chi connectivity index (χ1n) is 8.78. The van der Waals surface area contributed by atoms with E-state index in [1.807, 2.05) is 25.1 Å². The molecule has 29 heavy (non-hydrogen) atoms. The van der Waals surface area contributed by atoms with Crippen LogP contribution in [-0.2, 0) is 9.53 Å². The molecule has 0 aliphatic carbocycles. The van der Waals surface area contributed by atoms with Gasteiger partial charge in [0.15, 0.2) is 5.11 Å². The zero-order valence-corrected chi connectivity index (χ0v) is 18.1. The molecule has 0 saturated heterocycles. The lowest BCUT2D eigenvalue weighted by Gasteiger charge is -2.37. The number of nitrogens with one attached hydrogen (secondary N) is 1. The maximum atomic E-state index is 12.7. The molecule has 0 amide bonds. The summed E-state index contributed by atoms with van der Waals surface area (Å²) in [4.78, 5) is 14.5. The molecule has 0 aromatic heterocycles. The lowest BCUT2D eigenvalue weighted by atomic mass is 9.94. The van der Waals surface area contributed by atoms with Gasteiger partial charge in [0.25, 0.3) is 0 Å². The molecule has 152 valence electrons. The molecular formula is C21H21ClN2O4S. The Morgan fingerprint density at radius 1 is 1.10 bits per heavy atom. The first-order chi connectivity index (χ1) is 13.9. The van der Waals surface area contributed by atoms with Crippen LogP contribution in [0, 0.1) is 0 Å². The summed E-state index contributed by atoms with van der Waals surface area (Å²) < 4.78 is 15.9. The Hall–Kier alpha value is -2.77. The van der Waals surface area contributed by atoms with Gasteiger partial charge in [-0.1, -0.05) is 11.6 Å². The minimum atomic E-state index is -0.542. The van der Waals surface area contributed by atoms with Gasteiger partial charge in [-0.05, 0) is 55.5 Å². The van der Waals surface area contributed by atoms with Crippen LogP contribution in [-0.4, -0.2) is 32.4 Å². The lowest BCUT2D eigenvalue weighted by Crippen LogP contribution is -2.48. The number of carbonyl (C=O) groups excluding carboxylic acids is 1. The van der Waals surface area contributed by atoms with Crippen molar-refractivity contribution in [3.63, 3.8) is 0 Å². The number of halogens is 1. The van der Waals surface area contributed by atoms with Crippen LogP contribution in [0.3, 0.4) is 0 Å². The standard InChI is InChI=1S/C21H21ClN2O4S/c1-12-18(20(25)28-4)19(16-10-9-15(26-2)11-17(16)27-3)23-21(29)24(12)14-7-5-13(22)6-8-14/h5-11,19H,1-4H3,(H,23,29). The zero-order valence-electron chi connectivity index (χ0n) is 16.5. The van der Waals surface area contributed by atoms with Crippen LogP contribution >= 0.6 is 23.8 Å². The van der Waals surface area contributed by atoms with Gasteiger partial charge in [-0.25, -0.2) is 4.79 Å². The molecule has 2 aromatic carbocycles. The van der Waals surface area contributed by atoms with Crippen molar-refractivity contribution in [3.05, 3.63) is 64.3 Å². The van der Waals surface area contributed by atoms with Crippen molar-refractivity contribution in [1.29, 1.82) is 0 Å². The van der Waals surface area contributed by atoms with Crippen molar-refractivity contribution < 1.29 is 19.0 Å². The van der Waals surface area contributed by atoms with E-state index in [-0.39, 0.29) is 0 Å². The number of allylic oxidation sites excluding steroid dienone is 1. The Morgan fingerprint density at radius 3 is 2.38 bits per heavy atom. The van der Waals surface area contributed by atoms with E-state index >= 15 is 0 Å². The summed E-state index contributed by atoms with van der Waals surface area (Å²) in [7, 11) is 4.49. The summed E-state index contributed by atoms with van der Waals surface area (Å²) in [6.07, 6.45) is 0. The van der Waals surface area contributed by atoms with Gasteiger partial charge in [-0.2, -0.15) is 0 Å². The predicted molar refractivity (Wildman–Crippen MR) is 117 cm³/mol. The lowest BCUT2D eigenvalue weighted by molar-refractivity contribution is -0.136. The van der Waals surface area contributed by atoms with Crippen LogP contribution in [0.4, 0.5) is 5.69 Å². The number of carbonyl (C=O) groups is 1. The fraction of sp³-hybridized carbons (Fsp3) is 0.238. The third-order valence-electron chi connectivity index (χ3n) is 4.73. The highest BCUT2D eigenvalue weighted by molar-refractivity contribution is 7.80. The third-order valence-corrected chi connectivity index (χ3v) is 5.28. The van der Waals surface area contributed by atoms with Gasteiger partial charge in [0, 0.05) is 28.0 Å². The second-order valence-electron chi connectivity index (χ2n) is 6.29. The minimum Gasteiger partial charge on any atom is -0.497 e. The van der Waals surface area contributed by atoms with Gasteiger partial charge in [-0.3, -0.25) is 4.90 Å². The van der Waals surface area contributed by atoms with E-state index in [0.717, 1.165) is 11.3 Å². The van der Waals surface area contributed by atoms with Gasteiger partial charge < -0.3 is 19.5 Å². The highest BCUT2D eigenvalue weighted by atomic mass is 35.5. The van der Waals surface area contributed by atoms with Crippen LogP contribution < -0.4 is 19.7 Å². The van der Waals surface area contributed by atoms with Gasteiger partial charge >= 0.3 is 5.97 Å². The predicted octanol–water partition coefficient (Wildman–Crippen LogP) is 4.24. The Labute approximate surface area is 180 Å². The average molecular weight is 433 g/mol. The molecule has 0 fully saturated rings. The molecule has 0 saturated carbocycles. The summed E-state index contributed by atoms with van der Waals surface area (Å²) in [5, 5.41) is 4.30. The maximum absolute atomic E-state index is 12.7. The second-order valence-corrected chi connectivity index (χ2v) is 7.12. The second kappa shape index (κ2) is 8.71. The number of ether oxygens (including phenoxy) is 3. The molecule has 0 radical (unpaired) electrons. The number of benzene rings is 2. The summed E-state index contributed by atoms with van der Waals surface area (Å²) in [5.41, 5.74) is 2.61. The van der Waals surface area contributed by atoms with Crippen LogP contribution in [0.5, 0.6) is 11.5 Å². The van der Waals surface area contributed by atoms with Crippen molar-refractivity contribution in [1.82, 2.24) is 5.32 Å². The molecule has 1 aliphatic heterocycles. The van der Waals surface area contributed by atoms with E-state index in [1.54, 1.807) is 43.4 Å². The maximum Gasteiger partial charge on any atom is 0.337 e. The first kappa shape index (κ1) is 21.0. The van der Waals surface area contributed by atoms with E-state index in [2.05, 4.69) is 5.32 Å². The fourth-order valence-corrected chi connectivity index (χ4v) is 3.79. The summed E-state index contributed by atoms with van der Waals surface area (Å²) in [6.45, 7) is 1.83. The number of nitrogens with zero attached hydrogens (tertiary/aromatic N) is 1. The number of hydrogen-bond donors (Lipinski definition) is 1. The molecule has 3 rings (SSSR count). The summed E-state index contributed by atoms with van der Waals surface area (Å²) >= 11 is 11.6. The molecule has 1 unspecified atom stereocenters. The van der Waals surface area contributed by atoms with E-state index < -0.39 is 12.0 Å². The quantitative estimate of drug-likeness (QED) is 0.560. The Balaban J connectivity index is 2.16. The molecule has 1 N–H and O–H groups in total. The number of anilines is 1. The molecule has 1 aliphatic rings. The average Bonchev–Trinajstić information content (AvgIpc) is 2.73. The molecule has 6 nitrogen and oxygen atoms in total. The fourth-order valence-electron chi connectivity index (χ4n) is 3.31. The van der Waals surface area contributed by atoms with E-state index in [4.69, 9.17) is 38.0 Å². The number of rotatable bonds is 5. The Bertz CT molecular complexity index is 975. The minimum absolute atomic E-state index is 0.430. The molecular weight excluding hydrogens is 412 g/mol. The summed E-state index contributed by atoms with van der Waals surface area (Å²) in [6, 6.07) is 12.1. The van der Waals surface area contributed by atoms with Crippen molar-refractivity contribution in [2.24, 2.45) is 0 Å². The first-order valence-corrected chi connectivity index (χ1v) is 9.57. The Morgan fingerprint density at radius 2 is 1.79 bits per heavy atom. The van der Waals surface area contributed by atoms with Crippen LogP contribution in [0.2, 0.25) is 5.02 Å². The topological polar surface area (TPSA) is 60.0 Å². The van der Waals surface area contributed by atoms with Crippen molar-refractivity contribution in [2.75, 3.05) is 26.2 Å². The molecule has 1 atom stereocenters. The molecule has 8 heteroatoms. The van der Waals surface area contributed by atoms with E-state index in [9.17, 15) is 4.79 Å². The van der Waals surface area contributed by atoms with Crippen molar-refractivity contribution in [2.45, 2.75) is 13.0 Å². The number of hydrogen-bond acceptors (Lipinski definition) is 5. The van der Waals surface area contributed by atoms with Crippen molar-refractivity contribution in [3.8, 4) is 11.5 Å². The van der Waals surface area contributed by atoms with E-state index in [0.29, 0.717) is 32.9 Å². The largest absolute Gasteiger partial charge is 0.497 e. The van der Waals surface area contributed by atoms with Gasteiger partial charge in [-0.15, -0.1) is 0 Å². The van der Waals surface area contributed by atoms with Gasteiger partial charge in [0.05, 0.1) is 32.9 Å². The summed E-state index contributed by atoms with van der Waals surface area (Å²) in [5.74, 6) is 0.755. The number of methoxy groups -OCH3 is 3. The smallest absolute Gasteiger partial charge is 0.337 e. The number of thiocarbonyl (C=S) groups is 1. The third kappa shape index (κ3) is 4.02. The Kier molecular flexibility index (Phi) is 6.30. The van der Waals surface area contributed by atoms with E-state index in [1.165, 1.54) is 7.11 Å². The zero-order chi connectivity index (χ0) is 21.1. The normalized spacial score (nSPS) is 16.4. The van der Waals surface area contributed by atoms with Gasteiger partial charge in [0.2, 0.25) is 0 Å². The number of esters is 1. The molecule has 0 bridgehead atoms. The highest BCUT2D eigenvalue weighted by Crippen LogP contribution is 2.39. The van der Waals surface area contributed by atoms with Crippen LogP contribution in [0.15, 0.2) is 53.7 Å². The molecule has 0 spiro atoms. The monoisotopic (exact) mass is 432 g/mol. The molecule has 1 heterocycles. The highest BCUT2D eigenvalue weighted by Gasteiger charge is 2.36. The molecule has 2 aromatic rings. The van der Waals surface area contributed by atoms with Gasteiger partial charge in [0.1, 0.15) is 11.5 Å². The van der Waals surface area contributed by atoms with Crippen LogP contribution in [0.1, 0.15) is 18.5 Å². The van der Waals surface area contributed by atoms with Crippen LogP contribution in [0.25, 0.3) is 0 Å². The van der Waals surface area contributed by atoms with Crippen molar-refractivity contribution >= 4 is 40.6 Å².